The normalized spacial score (nSPS) is 24.6. The molecule has 2 rings (SSSR count). The summed E-state index contributed by atoms with van der Waals surface area (Å²) in [5.74, 6) is -0.424. The molecule has 3 heteroatoms. The third-order valence-electron chi connectivity index (χ3n) is 2.81. The van der Waals surface area contributed by atoms with E-state index in [2.05, 4.69) is 0 Å². The molecule has 3 nitrogen and oxygen atoms in total. The monoisotopic (exact) mass is 192 g/mol. The van der Waals surface area contributed by atoms with Gasteiger partial charge in [-0.2, -0.15) is 0 Å². The van der Waals surface area contributed by atoms with Gasteiger partial charge in [0.2, 0.25) is 0 Å². The molecule has 1 N–H and O–H groups in total. The van der Waals surface area contributed by atoms with Crippen LogP contribution in [0.25, 0.3) is 0 Å². The molecule has 0 amide bonds. The van der Waals surface area contributed by atoms with E-state index in [9.17, 15) is 9.90 Å². The summed E-state index contributed by atoms with van der Waals surface area (Å²) in [7, 11) is 0. The van der Waals surface area contributed by atoms with Crippen LogP contribution in [0.3, 0.4) is 0 Å². The molecule has 0 saturated carbocycles. The van der Waals surface area contributed by atoms with Crippen LogP contribution in [0.4, 0.5) is 0 Å². The molecule has 0 spiro atoms. The Hall–Kier alpha value is -1.51. The molecule has 0 aromatic heterocycles. The zero-order chi connectivity index (χ0) is 10.3. The number of phenolic OH excluding ortho intramolecular Hbond substituents is 1. The van der Waals surface area contributed by atoms with Gasteiger partial charge in [-0.05, 0) is 19.4 Å². The molecule has 1 aromatic rings. The summed E-state index contributed by atoms with van der Waals surface area (Å²) in [6, 6.07) is 5.05. The van der Waals surface area contributed by atoms with E-state index in [4.69, 9.17) is 4.74 Å². The summed E-state index contributed by atoms with van der Waals surface area (Å²) in [5.41, 5.74) is 0.521. The molecule has 1 aliphatic heterocycles. The third kappa shape index (κ3) is 1.02. The standard InChI is InChI=1S/C11H12O3/c1-3-11(2)7-5-4-6-8(12)9(7)10(13)14-11/h4-6,12H,3H2,1-2H3/t11-/m1/s1. The van der Waals surface area contributed by atoms with Crippen molar-refractivity contribution in [3.8, 4) is 5.75 Å². The van der Waals surface area contributed by atoms with E-state index in [0.717, 1.165) is 5.56 Å². The first-order valence-electron chi connectivity index (χ1n) is 4.64. The largest absolute Gasteiger partial charge is 0.507 e. The number of hydrogen-bond acceptors (Lipinski definition) is 3. The van der Waals surface area contributed by atoms with Gasteiger partial charge in [0, 0.05) is 5.56 Å². The van der Waals surface area contributed by atoms with Gasteiger partial charge in [-0.25, -0.2) is 4.79 Å². The molecule has 0 saturated heterocycles. The maximum Gasteiger partial charge on any atom is 0.343 e. The molecule has 1 heterocycles. The quantitative estimate of drug-likeness (QED) is 0.694. The van der Waals surface area contributed by atoms with E-state index in [0.29, 0.717) is 12.0 Å². The number of rotatable bonds is 1. The number of benzene rings is 1. The Morgan fingerprint density at radius 1 is 1.50 bits per heavy atom. The molecule has 0 bridgehead atoms. The number of esters is 1. The summed E-state index contributed by atoms with van der Waals surface area (Å²) in [5, 5.41) is 9.53. The average molecular weight is 192 g/mol. The van der Waals surface area contributed by atoms with Gasteiger partial charge in [-0.3, -0.25) is 0 Å². The zero-order valence-electron chi connectivity index (χ0n) is 8.20. The van der Waals surface area contributed by atoms with Gasteiger partial charge in [0.15, 0.2) is 0 Å². The van der Waals surface area contributed by atoms with Crippen LogP contribution in [0.1, 0.15) is 36.2 Å². The Bertz CT molecular complexity index is 398. The minimum atomic E-state index is -0.578. The third-order valence-corrected chi connectivity index (χ3v) is 2.81. The second kappa shape index (κ2) is 2.74. The SMILES string of the molecule is CC[C@@]1(C)OC(=O)c2c(O)cccc21. The topological polar surface area (TPSA) is 46.5 Å². The van der Waals surface area contributed by atoms with E-state index in [-0.39, 0.29) is 5.75 Å². The highest BCUT2D eigenvalue weighted by Crippen LogP contribution is 2.41. The average Bonchev–Trinajstić information content (AvgIpc) is 2.41. The predicted octanol–water partition coefficient (Wildman–Crippen LogP) is 2.19. The van der Waals surface area contributed by atoms with Crippen LogP contribution in [0.15, 0.2) is 18.2 Å². The summed E-state index contributed by atoms with van der Waals surface area (Å²) < 4.78 is 5.25. The number of fused-ring (bicyclic) bond motifs is 1. The van der Waals surface area contributed by atoms with Crippen LogP contribution >= 0.6 is 0 Å². The summed E-state index contributed by atoms with van der Waals surface area (Å²) in [6.45, 7) is 3.81. The lowest BCUT2D eigenvalue weighted by Gasteiger charge is -2.21. The second-order valence-corrected chi connectivity index (χ2v) is 3.67. The predicted molar refractivity (Wildman–Crippen MR) is 51.2 cm³/mol. The van der Waals surface area contributed by atoms with Crippen molar-refractivity contribution >= 4 is 5.97 Å². The van der Waals surface area contributed by atoms with E-state index < -0.39 is 11.6 Å². The second-order valence-electron chi connectivity index (χ2n) is 3.67. The zero-order valence-corrected chi connectivity index (χ0v) is 8.20. The first-order chi connectivity index (χ1) is 6.58. The molecule has 1 atom stereocenters. The Balaban J connectivity index is 2.66. The molecule has 0 radical (unpaired) electrons. The van der Waals surface area contributed by atoms with Crippen molar-refractivity contribution < 1.29 is 14.6 Å². The van der Waals surface area contributed by atoms with Crippen molar-refractivity contribution in [2.45, 2.75) is 25.9 Å². The van der Waals surface area contributed by atoms with Crippen molar-refractivity contribution in [2.24, 2.45) is 0 Å². The number of aromatic hydroxyl groups is 1. The van der Waals surface area contributed by atoms with Gasteiger partial charge < -0.3 is 9.84 Å². The molecule has 14 heavy (non-hydrogen) atoms. The van der Waals surface area contributed by atoms with Crippen LogP contribution in [-0.4, -0.2) is 11.1 Å². The lowest BCUT2D eigenvalue weighted by Crippen LogP contribution is -2.20. The Morgan fingerprint density at radius 3 is 2.86 bits per heavy atom. The molecule has 0 aliphatic carbocycles. The summed E-state index contributed by atoms with van der Waals surface area (Å²) in [6.07, 6.45) is 0.704. The lowest BCUT2D eigenvalue weighted by atomic mass is 9.91. The summed E-state index contributed by atoms with van der Waals surface area (Å²) >= 11 is 0. The maximum absolute atomic E-state index is 11.5. The fraction of sp³-hybridized carbons (Fsp3) is 0.364. The molecule has 74 valence electrons. The van der Waals surface area contributed by atoms with Crippen molar-refractivity contribution in [2.75, 3.05) is 0 Å². The fourth-order valence-corrected chi connectivity index (χ4v) is 1.77. The maximum atomic E-state index is 11.5. The molecule has 0 unspecified atom stereocenters. The number of carbonyl (C=O) groups is 1. The number of hydrogen-bond donors (Lipinski definition) is 1. The highest BCUT2D eigenvalue weighted by Gasteiger charge is 2.41. The van der Waals surface area contributed by atoms with Crippen LogP contribution in [0, 0.1) is 0 Å². The summed E-state index contributed by atoms with van der Waals surface area (Å²) in [4.78, 5) is 11.5. The molecule has 1 aliphatic rings. The molecular formula is C11H12O3. The van der Waals surface area contributed by atoms with E-state index >= 15 is 0 Å². The van der Waals surface area contributed by atoms with E-state index in [1.165, 1.54) is 6.07 Å². The smallest absolute Gasteiger partial charge is 0.343 e. The van der Waals surface area contributed by atoms with Gasteiger partial charge >= 0.3 is 5.97 Å². The first-order valence-corrected chi connectivity index (χ1v) is 4.64. The number of carbonyl (C=O) groups excluding carboxylic acids is 1. The van der Waals surface area contributed by atoms with Gasteiger partial charge in [0.05, 0.1) is 0 Å². The minimum Gasteiger partial charge on any atom is -0.507 e. The van der Waals surface area contributed by atoms with E-state index in [1.807, 2.05) is 19.9 Å². The Labute approximate surface area is 82.3 Å². The highest BCUT2D eigenvalue weighted by molar-refractivity contribution is 5.97. The molecular weight excluding hydrogens is 180 g/mol. The van der Waals surface area contributed by atoms with Gasteiger partial charge in [0.1, 0.15) is 16.9 Å². The Kier molecular flexibility index (Phi) is 1.77. The number of cyclic esters (lactones) is 1. The first kappa shape index (κ1) is 9.06. The fourth-order valence-electron chi connectivity index (χ4n) is 1.77. The minimum absolute atomic E-state index is 0.00433. The van der Waals surface area contributed by atoms with Crippen LogP contribution in [0.5, 0.6) is 5.75 Å². The van der Waals surface area contributed by atoms with Crippen LogP contribution in [-0.2, 0) is 10.3 Å². The van der Waals surface area contributed by atoms with Crippen molar-refractivity contribution in [1.29, 1.82) is 0 Å². The van der Waals surface area contributed by atoms with Crippen molar-refractivity contribution in [3.63, 3.8) is 0 Å². The Morgan fingerprint density at radius 2 is 2.21 bits per heavy atom. The van der Waals surface area contributed by atoms with Crippen molar-refractivity contribution in [3.05, 3.63) is 29.3 Å². The molecule has 1 aromatic carbocycles. The van der Waals surface area contributed by atoms with E-state index in [1.54, 1.807) is 6.07 Å². The van der Waals surface area contributed by atoms with Gasteiger partial charge in [-0.15, -0.1) is 0 Å². The number of phenols is 1. The van der Waals surface area contributed by atoms with Crippen LogP contribution < -0.4 is 0 Å². The van der Waals surface area contributed by atoms with Gasteiger partial charge in [-0.1, -0.05) is 19.1 Å². The van der Waals surface area contributed by atoms with Crippen LogP contribution in [0.2, 0.25) is 0 Å². The highest BCUT2D eigenvalue weighted by atomic mass is 16.6. The molecule has 0 fully saturated rings. The van der Waals surface area contributed by atoms with Crippen molar-refractivity contribution in [1.82, 2.24) is 0 Å². The lowest BCUT2D eigenvalue weighted by molar-refractivity contribution is -0.000823. The number of ether oxygens (including phenoxy) is 1. The van der Waals surface area contributed by atoms with Gasteiger partial charge in [0.25, 0.3) is 0 Å².